The summed E-state index contributed by atoms with van der Waals surface area (Å²) in [7, 11) is 0. The molecule has 70 heavy (non-hydrogen) atoms. The van der Waals surface area contributed by atoms with Gasteiger partial charge in [0.1, 0.15) is 36.2 Å². The molecule has 0 unspecified atom stereocenters. The normalized spacial score (nSPS) is 19.1. The van der Waals surface area contributed by atoms with Crippen molar-refractivity contribution in [1.29, 1.82) is 0 Å². The molecule has 6 N–H and O–H groups in total. The summed E-state index contributed by atoms with van der Waals surface area (Å²) in [5, 5.41) is 26.4. The van der Waals surface area contributed by atoms with Gasteiger partial charge in [0.05, 0.1) is 12.0 Å². The number of nitrogens with one attached hydrogen (secondary N) is 5. The van der Waals surface area contributed by atoms with Gasteiger partial charge in [0.15, 0.2) is 0 Å². The van der Waals surface area contributed by atoms with Crippen molar-refractivity contribution < 1.29 is 47.8 Å². The largest absolute Gasteiger partial charge is 0.445 e. The molecular formula is C53H80FN7O9. The average Bonchev–Trinajstić information content (AvgIpc) is 3.77. The molecule has 5 atom stereocenters. The van der Waals surface area contributed by atoms with Crippen LogP contribution in [0.4, 0.5) is 14.0 Å². The number of piperidine rings is 1. The topological polar surface area (TPSA) is 208 Å². The lowest BCUT2D eigenvalue weighted by Gasteiger charge is -2.51. The molecule has 2 heterocycles. The monoisotopic (exact) mass is 978 g/mol. The predicted molar refractivity (Wildman–Crippen MR) is 266 cm³/mol. The van der Waals surface area contributed by atoms with Gasteiger partial charge in [0.25, 0.3) is 0 Å². The van der Waals surface area contributed by atoms with Gasteiger partial charge in [0.2, 0.25) is 23.6 Å². The first-order valence-corrected chi connectivity index (χ1v) is 24.8. The molecule has 2 aliphatic heterocycles. The summed E-state index contributed by atoms with van der Waals surface area (Å²) in [5.41, 5.74) is -0.543. The van der Waals surface area contributed by atoms with E-state index in [0.29, 0.717) is 25.7 Å². The highest BCUT2D eigenvalue weighted by atomic mass is 19.1. The number of rotatable bonds is 21. The Bertz CT molecular complexity index is 2080. The maximum atomic E-state index is 16.5. The average molecular weight is 978 g/mol. The number of hydrogen-bond donors (Lipinski definition) is 6. The standard InChI is InChI=1S/C53H80FN7O9/c1-34(2)28-42(58-50(67)70-51(5,6)7)40(54)30-38(29-36-20-14-12-15-21-36)48(65)60-27-19-25-43(60)46(63)59-44(35(3)4)47(64)57-41(24-18-26-55-49(66)69-33-37-22-16-13-17-23-37)45(62)56-39-31-52(8,9)61(68)53(10,11)32-39/h12-17,20-23,30,34-35,38-39,41-44,68H,18-19,24-29,31-33H2,1-11H3,(H,55,66)(H,56,62)(H,57,64)(H,58,67)(H,59,63)/b40-30+/t38-,41+,42-,43+,44-/m0/s1. The van der Waals surface area contributed by atoms with Gasteiger partial charge in [-0.25, -0.2) is 14.0 Å². The summed E-state index contributed by atoms with van der Waals surface area (Å²) < 4.78 is 27.2. The maximum absolute atomic E-state index is 16.5. The molecule has 0 aliphatic carbocycles. The molecule has 388 valence electrons. The van der Waals surface area contributed by atoms with Crippen molar-refractivity contribution >= 4 is 35.8 Å². The van der Waals surface area contributed by atoms with Gasteiger partial charge in [-0.05, 0) is 129 Å². The van der Waals surface area contributed by atoms with Gasteiger partial charge >= 0.3 is 12.2 Å². The van der Waals surface area contributed by atoms with E-state index in [1.807, 2.05) is 102 Å². The van der Waals surface area contributed by atoms with Crippen molar-refractivity contribution in [3.63, 3.8) is 0 Å². The minimum atomic E-state index is -1.12. The number of carbonyl (C=O) groups is 6. The SMILES string of the molecule is CC(C)C[C@H](NC(=O)OC(C)(C)C)/C(F)=C\[C@H](Cc1ccccc1)C(=O)N1CCC[C@@H]1C(=O)N[C@H](C(=O)N[C@H](CCCNC(=O)OCc1ccccc1)C(=O)NC1CC(C)(C)N(O)C(C)(C)C1)C(C)C. The first-order chi connectivity index (χ1) is 32.8. The molecule has 2 aromatic rings. The lowest BCUT2D eigenvalue weighted by Crippen LogP contribution is -2.64. The summed E-state index contributed by atoms with van der Waals surface area (Å²) in [6, 6.07) is 13.8. The number of hydrogen-bond acceptors (Lipinski definition) is 10. The summed E-state index contributed by atoms with van der Waals surface area (Å²) in [4.78, 5) is 84.1. The second-order valence-corrected chi connectivity index (χ2v) is 21.8. The zero-order valence-electron chi connectivity index (χ0n) is 43.2. The van der Waals surface area contributed by atoms with E-state index in [0.717, 1.165) is 11.1 Å². The van der Waals surface area contributed by atoms with Gasteiger partial charge in [0, 0.05) is 30.2 Å². The van der Waals surface area contributed by atoms with Crippen molar-refractivity contribution in [2.45, 2.75) is 181 Å². The number of amides is 6. The molecule has 2 saturated heterocycles. The number of likely N-dealkylation sites (tertiary alicyclic amines) is 1. The van der Waals surface area contributed by atoms with Crippen LogP contribution in [0.3, 0.4) is 0 Å². The highest BCUT2D eigenvalue weighted by Gasteiger charge is 2.46. The summed E-state index contributed by atoms with van der Waals surface area (Å²) in [5.74, 6) is -4.32. The number of ether oxygens (including phenoxy) is 2. The van der Waals surface area contributed by atoms with Gasteiger partial charge in [-0.2, -0.15) is 5.06 Å². The third-order valence-corrected chi connectivity index (χ3v) is 12.6. The molecule has 4 rings (SSSR count). The molecule has 2 fully saturated rings. The molecule has 0 aromatic heterocycles. The molecule has 0 spiro atoms. The van der Waals surface area contributed by atoms with Gasteiger partial charge in [-0.1, -0.05) is 88.4 Å². The van der Waals surface area contributed by atoms with Crippen LogP contribution in [-0.4, -0.2) is 111 Å². The fraction of sp³-hybridized carbons (Fsp3) is 0.623. The maximum Gasteiger partial charge on any atom is 0.408 e. The predicted octanol–water partition coefficient (Wildman–Crippen LogP) is 7.49. The van der Waals surface area contributed by atoms with Crippen molar-refractivity contribution in [2.75, 3.05) is 13.1 Å². The van der Waals surface area contributed by atoms with Crippen LogP contribution in [0.1, 0.15) is 132 Å². The Morgan fingerprint density at radius 2 is 1.43 bits per heavy atom. The fourth-order valence-electron chi connectivity index (χ4n) is 9.33. The van der Waals surface area contributed by atoms with Crippen molar-refractivity contribution in [3.05, 3.63) is 83.7 Å². The number of halogens is 1. The molecule has 0 saturated carbocycles. The number of carbonyl (C=O) groups excluding carboxylic acids is 6. The van der Waals surface area contributed by atoms with Gasteiger partial charge < -0.3 is 46.2 Å². The molecule has 17 heteroatoms. The van der Waals surface area contributed by atoms with E-state index in [-0.39, 0.29) is 57.3 Å². The van der Waals surface area contributed by atoms with Gasteiger partial charge in [-0.15, -0.1) is 0 Å². The molecule has 0 bridgehead atoms. The van der Waals surface area contributed by atoms with Crippen LogP contribution >= 0.6 is 0 Å². The van der Waals surface area contributed by atoms with Crippen molar-refractivity contribution in [3.8, 4) is 0 Å². The third-order valence-electron chi connectivity index (χ3n) is 12.6. The van der Waals surface area contributed by atoms with Crippen LogP contribution in [-0.2, 0) is 41.7 Å². The quantitative estimate of drug-likeness (QED) is 0.0680. The zero-order valence-corrected chi connectivity index (χ0v) is 43.2. The molecule has 16 nitrogen and oxygen atoms in total. The Labute approximate surface area is 414 Å². The second-order valence-electron chi connectivity index (χ2n) is 21.8. The van der Waals surface area contributed by atoms with Crippen molar-refractivity contribution in [1.82, 2.24) is 36.5 Å². The Balaban J connectivity index is 1.52. The van der Waals surface area contributed by atoms with E-state index in [4.69, 9.17) is 9.47 Å². The number of alkyl carbamates (subject to hydrolysis) is 2. The molecule has 2 aromatic carbocycles. The summed E-state index contributed by atoms with van der Waals surface area (Å²) in [6.45, 7) is 20.4. The van der Waals surface area contributed by atoms with E-state index in [2.05, 4.69) is 26.6 Å². The van der Waals surface area contributed by atoms with E-state index in [9.17, 15) is 34.0 Å². The first kappa shape index (κ1) is 57.0. The lowest BCUT2D eigenvalue weighted by molar-refractivity contribution is -0.246. The van der Waals surface area contributed by atoms with Crippen LogP contribution in [0.5, 0.6) is 0 Å². The minimum Gasteiger partial charge on any atom is -0.445 e. The molecule has 0 radical (unpaired) electrons. The van der Waals surface area contributed by atoms with E-state index >= 15 is 4.39 Å². The van der Waals surface area contributed by atoms with Crippen LogP contribution in [0.2, 0.25) is 0 Å². The Hall–Kier alpha value is -5.55. The third kappa shape index (κ3) is 17.7. The highest BCUT2D eigenvalue weighted by molar-refractivity contribution is 5.95. The number of hydroxylamine groups is 2. The van der Waals surface area contributed by atoms with Crippen LogP contribution < -0.4 is 26.6 Å². The Morgan fingerprint density at radius 1 is 0.829 bits per heavy atom. The zero-order chi connectivity index (χ0) is 52.0. The smallest absolute Gasteiger partial charge is 0.408 e. The van der Waals surface area contributed by atoms with E-state index in [1.54, 1.807) is 34.6 Å². The fourth-order valence-corrected chi connectivity index (χ4v) is 9.33. The van der Waals surface area contributed by atoms with Crippen LogP contribution in [0.25, 0.3) is 0 Å². The molecule has 6 amide bonds. The molecule has 2 aliphatic rings. The highest BCUT2D eigenvalue weighted by Crippen LogP contribution is 2.37. The number of nitrogens with zero attached hydrogens (tertiary/aromatic N) is 2. The van der Waals surface area contributed by atoms with Crippen LogP contribution in [0, 0.1) is 17.8 Å². The van der Waals surface area contributed by atoms with Crippen LogP contribution in [0.15, 0.2) is 72.6 Å². The Morgan fingerprint density at radius 3 is 2.00 bits per heavy atom. The second kappa shape index (κ2) is 25.5. The summed E-state index contributed by atoms with van der Waals surface area (Å²) >= 11 is 0. The van der Waals surface area contributed by atoms with E-state index < -0.39 is 94.3 Å². The Kier molecular flexibility index (Phi) is 20.8. The minimum absolute atomic E-state index is 0.0204. The first-order valence-electron chi connectivity index (χ1n) is 24.8. The molecular weight excluding hydrogens is 898 g/mol. The van der Waals surface area contributed by atoms with Crippen molar-refractivity contribution in [2.24, 2.45) is 17.8 Å². The summed E-state index contributed by atoms with van der Waals surface area (Å²) in [6.07, 6.45) is 2.26. The van der Waals surface area contributed by atoms with Gasteiger partial charge in [-0.3, -0.25) is 19.2 Å². The lowest BCUT2D eigenvalue weighted by atomic mass is 9.79. The number of benzene rings is 2. The van der Waals surface area contributed by atoms with E-state index in [1.165, 1.54) is 16.0 Å².